The van der Waals surface area contributed by atoms with Gasteiger partial charge in [-0.15, -0.1) is 24.8 Å². The molecule has 0 heterocycles. The second-order valence-corrected chi connectivity index (χ2v) is 0.659. The van der Waals surface area contributed by atoms with Crippen LogP contribution in [0.5, 0.6) is 0 Å². The maximum Gasteiger partial charge on any atom is 0.236 e. The number of hydrogen-bond donors (Lipinski definition) is 2. The van der Waals surface area contributed by atoms with Gasteiger partial charge in [0.2, 0.25) is 6.41 Å². The summed E-state index contributed by atoms with van der Waals surface area (Å²) in [6.07, 6.45) is 0.287. The van der Waals surface area contributed by atoms with Crippen molar-refractivity contribution in [3.63, 3.8) is 0 Å². The van der Waals surface area contributed by atoms with E-state index in [9.17, 15) is 4.79 Å². The van der Waals surface area contributed by atoms with Gasteiger partial charge < -0.3 is 11.5 Å². The number of carbonyl (C=O) groups excluding carboxylic acids is 1. The molecule has 0 saturated heterocycles. The van der Waals surface area contributed by atoms with E-state index in [2.05, 4.69) is 4.99 Å². The quantitative estimate of drug-likeness (QED) is 0.301. The van der Waals surface area contributed by atoms with E-state index in [0.717, 1.165) is 0 Å². The normalized spacial score (nSPS) is 5.00. The number of hydrogen-bond acceptors (Lipinski definition) is 1. The predicted molar refractivity (Wildman–Crippen MR) is 36.4 cm³/mol. The van der Waals surface area contributed by atoms with Crippen molar-refractivity contribution in [2.75, 3.05) is 0 Å². The largest absolute Gasteiger partial charge is 0.370 e. The van der Waals surface area contributed by atoms with E-state index in [-0.39, 0.29) is 37.2 Å². The lowest BCUT2D eigenvalue weighted by atomic mass is 11.1. The second-order valence-electron chi connectivity index (χ2n) is 0.659. The van der Waals surface area contributed by atoms with E-state index in [1.807, 2.05) is 0 Å². The molecule has 0 aliphatic carbocycles. The highest BCUT2D eigenvalue weighted by Gasteiger charge is 1.67. The van der Waals surface area contributed by atoms with E-state index in [4.69, 9.17) is 11.5 Å². The summed E-state index contributed by atoms with van der Waals surface area (Å²) in [6, 6.07) is 0. The van der Waals surface area contributed by atoms with Gasteiger partial charge in [-0.2, -0.15) is 4.99 Å². The van der Waals surface area contributed by atoms with Crippen LogP contribution in [0.25, 0.3) is 0 Å². The van der Waals surface area contributed by atoms with E-state index in [0.29, 0.717) is 0 Å². The number of amides is 1. The van der Waals surface area contributed by atoms with Crippen LogP contribution >= 0.6 is 24.8 Å². The Morgan fingerprint density at radius 2 is 1.75 bits per heavy atom. The van der Waals surface area contributed by atoms with Crippen LogP contribution in [0.3, 0.4) is 0 Å². The molecule has 1 amide bonds. The molecule has 0 bridgehead atoms. The van der Waals surface area contributed by atoms with Crippen molar-refractivity contribution in [1.82, 2.24) is 0 Å². The zero-order chi connectivity index (χ0) is 4.99. The molecule has 0 rings (SSSR count). The molecule has 6 heteroatoms. The summed E-state index contributed by atoms with van der Waals surface area (Å²) in [5, 5.41) is 0. The third-order valence-electron chi connectivity index (χ3n) is 0.202. The molecule has 0 fully saturated rings. The fraction of sp³-hybridized carbons (Fsp3) is 0. The van der Waals surface area contributed by atoms with Gasteiger partial charge in [-0.3, -0.25) is 4.79 Å². The summed E-state index contributed by atoms with van der Waals surface area (Å²) in [4.78, 5) is 12.2. The molecule has 8 heavy (non-hydrogen) atoms. The summed E-state index contributed by atoms with van der Waals surface area (Å²) >= 11 is 0. The van der Waals surface area contributed by atoms with Crippen molar-refractivity contribution in [3.8, 4) is 0 Å². The van der Waals surface area contributed by atoms with Crippen LogP contribution in [0.4, 0.5) is 0 Å². The average Bonchev–Trinajstić information content (AvgIpc) is 1.35. The number of rotatable bonds is 1. The first kappa shape index (κ1) is 15.6. The first-order chi connectivity index (χ1) is 2.77. The van der Waals surface area contributed by atoms with Crippen molar-refractivity contribution < 1.29 is 4.79 Å². The van der Waals surface area contributed by atoms with Crippen molar-refractivity contribution in [2.24, 2.45) is 16.5 Å². The minimum absolute atomic E-state index is 0. The van der Waals surface area contributed by atoms with Gasteiger partial charge in [-0.05, 0) is 0 Å². The third kappa shape index (κ3) is 17.8. The molecule has 4 nitrogen and oxygen atoms in total. The van der Waals surface area contributed by atoms with Gasteiger partial charge in [-0.25, -0.2) is 0 Å². The van der Waals surface area contributed by atoms with Gasteiger partial charge in [0, 0.05) is 0 Å². The van der Waals surface area contributed by atoms with E-state index >= 15 is 0 Å². The van der Waals surface area contributed by atoms with Gasteiger partial charge in [0.1, 0.15) is 0 Å². The lowest BCUT2D eigenvalue weighted by Gasteiger charge is -1.76. The molecule has 4 N–H and O–H groups in total. The number of halogens is 2. The van der Waals surface area contributed by atoms with Gasteiger partial charge in [0.15, 0.2) is 5.96 Å². The Hall–Kier alpha value is -0.480. The molecule has 0 aromatic heterocycles. The van der Waals surface area contributed by atoms with Crippen molar-refractivity contribution >= 4 is 37.2 Å². The highest BCUT2D eigenvalue weighted by atomic mass is 35.5. The number of nitrogens with two attached hydrogens (primary N) is 2. The lowest BCUT2D eigenvalue weighted by Crippen LogP contribution is -2.22. The summed E-state index contributed by atoms with van der Waals surface area (Å²) in [7, 11) is 0. The van der Waals surface area contributed by atoms with Gasteiger partial charge >= 0.3 is 0 Å². The van der Waals surface area contributed by atoms with Crippen molar-refractivity contribution in [1.29, 1.82) is 0 Å². The minimum atomic E-state index is -0.204. The van der Waals surface area contributed by atoms with Crippen LogP contribution in [0.2, 0.25) is 0 Å². The molecular formula is C2H7Cl2N3O. The monoisotopic (exact) mass is 159 g/mol. The zero-order valence-electron chi connectivity index (χ0n) is 3.90. The molecule has 0 saturated carbocycles. The summed E-state index contributed by atoms with van der Waals surface area (Å²) < 4.78 is 0. The second kappa shape index (κ2) is 9.72. The predicted octanol–water partition coefficient (Wildman–Crippen LogP) is -0.740. The fourth-order valence-electron chi connectivity index (χ4n) is 0.0609. The molecule has 50 valence electrons. The summed E-state index contributed by atoms with van der Waals surface area (Å²) in [5.41, 5.74) is 9.40. The van der Waals surface area contributed by atoms with Crippen LogP contribution in [0, 0.1) is 0 Å². The number of nitrogens with zero attached hydrogens (tertiary/aromatic N) is 1. The molecule has 0 unspecified atom stereocenters. The molecule has 0 radical (unpaired) electrons. The van der Waals surface area contributed by atoms with E-state index in [1.54, 1.807) is 0 Å². The van der Waals surface area contributed by atoms with Gasteiger partial charge in [-0.1, -0.05) is 0 Å². The Bertz CT molecular complexity index is 79.4. The Balaban J connectivity index is -0.000000125. The Morgan fingerprint density at radius 1 is 1.38 bits per heavy atom. The molecule has 0 aromatic carbocycles. The lowest BCUT2D eigenvalue weighted by molar-refractivity contribution is -0.106. The molecular weight excluding hydrogens is 153 g/mol. The first-order valence-corrected chi connectivity index (χ1v) is 1.29. The first-order valence-electron chi connectivity index (χ1n) is 1.29. The average molecular weight is 160 g/mol. The third-order valence-corrected chi connectivity index (χ3v) is 0.202. The van der Waals surface area contributed by atoms with Crippen LogP contribution in [0.1, 0.15) is 0 Å². The number of guanidine groups is 1. The van der Waals surface area contributed by atoms with Crippen LogP contribution in [0.15, 0.2) is 4.99 Å². The molecule has 0 atom stereocenters. The van der Waals surface area contributed by atoms with Crippen molar-refractivity contribution in [3.05, 3.63) is 0 Å². The zero-order valence-corrected chi connectivity index (χ0v) is 5.54. The number of carbonyl (C=O) groups is 1. The molecule has 0 spiro atoms. The Kier molecular flexibility index (Phi) is 19.0. The molecule has 0 aliphatic rings. The van der Waals surface area contributed by atoms with E-state index < -0.39 is 0 Å². The van der Waals surface area contributed by atoms with Gasteiger partial charge in [0.05, 0.1) is 0 Å². The fourth-order valence-corrected chi connectivity index (χ4v) is 0.0609. The standard InChI is InChI=1S/C2H5N3O.2ClH/c3-2(4)5-1-6;;/h1H,(H4,3,4,5,6);2*1H. The highest BCUT2D eigenvalue weighted by Crippen LogP contribution is 1.45. The Morgan fingerprint density at radius 3 is 1.75 bits per heavy atom. The smallest absolute Gasteiger partial charge is 0.236 e. The maximum atomic E-state index is 9.27. The number of aliphatic imine (C=N–C) groups is 1. The summed E-state index contributed by atoms with van der Waals surface area (Å²) in [5.74, 6) is -0.204. The van der Waals surface area contributed by atoms with Gasteiger partial charge in [0.25, 0.3) is 0 Å². The minimum Gasteiger partial charge on any atom is -0.370 e. The van der Waals surface area contributed by atoms with Crippen LogP contribution in [-0.4, -0.2) is 12.4 Å². The van der Waals surface area contributed by atoms with Crippen LogP contribution < -0.4 is 11.5 Å². The summed E-state index contributed by atoms with van der Waals surface area (Å²) in [6.45, 7) is 0. The molecule has 0 aliphatic heterocycles. The van der Waals surface area contributed by atoms with E-state index in [1.165, 1.54) is 0 Å². The van der Waals surface area contributed by atoms with Crippen LogP contribution in [-0.2, 0) is 4.79 Å². The topological polar surface area (TPSA) is 81.5 Å². The molecule has 0 aromatic rings. The Labute approximate surface area is 59.1 Å². The highest BCUT2D eigenvalue weighted by molar-refractivity contribution is 5.85. The SMILES string of the molecule is Cl.Cl.NC(N)=NC=O. The maximum absolute atomic E-state index is 9.27. The van der Waals surface area contributed by atoms with Crippen molar-refractivity contribution in [2.45, 2.75) is 0 Å².